The van der Waals surface area contributed by atoms with E-state index in [1.54, 1.807) is 6.20 Å². The van der Waals surface area contributed by atoms with E-state index in [4.69, 9.17) is 4.42 Å². The summed E-state index contributed by atoms with van der Waals surface area (Å²) in [7, 11) is 0. The molecule has 6 nitrogen and oxygen atoms in total. The molecule has 0 amide bonds. The molecule has 0 aliphatic carbocycles. The lowest BCUT2D eigenvalue weighted by Gasteiger charge is -2.03. The summed E-state index contributed by atoms with van der Waals surface area (Å²) in [6, 6.07) is 3.49. The number of aryl methyl sites for hydroxylation is 1. The summed E-state index contributed by atoms with van der Waals surface area (Å²) in [4.78, 5) is 14.1. The van der Waals surface area contributed by atoms with Gasteiger partial charge < -0.3 is 9.73 Å². The van der Waals surface area contributed by atoms with Gasteiger partial charge in [-0.15, -0.1) is 0 Å². The number of rotatable bonds is 6. The van der Waals surface area contributed by atoms with Crippen LogP contribution in [0.5, 0.6) is 0 Å². The van der Waals surface area contributed by atoms with Crippen LogP contribution in [0.3, 0.4) is 0 Å². The number of nitro groups is 1. The maximum absolute atomic E-state index is 13.2. The fourth-order valence-corrected chi connectivity index (χ4v) is 1.75. The molecule has 1 heterocycles. The molecule has 2 rings (SSSR count). The van der Waals surface area contributed by atoms with E-state index in [9.17, 15) is 14.5 Å². The van der Waals surface area contributed by atoms with Gasteiger partial charge in [-0.2, -0.15) is 0 Å². The summed E-state index contributed by atoms with van der Waals surface area (Å²) in [6.07, 6.45) is 2.42. The molecule has 0 fully saturated rings. The zero-order valence-electron chi connectivity index (χ0n) is 10.9. The second-order valence-corrected chi connectivity index (χ2v) is 4.25. The van der Waals surface area contributed by atoms with Gasteiger partial charge in [0, 0.05) is 19.0 Å². The minimum atomic E-state index is -0.625. The summed E-state index contributed by atoms with van der Waals surface area (Å²) >= 11 is 0. The Balaban J connectivity index is 1.95. The van der Waals surface area contributed by atoms with Crippen molar-refractivity contribution >= 4 is 5.69 Å². The highest BCUT2D eigenvalue weighted by atomic mass is 19.1. The standard InChI is InChI=1S/C13H14FN3O3/c1-2-12-7-16-13(20-12)8-15-6-9-3-10(14)5-11(4-9)17(18)19/h3-5,7,15H,2,6,8H2,1H3. The highest BCUT2D eigenvalue weighted by Crippen LogP contribution is 2.16. The first-order valence-electron chi connectivity index (χ1n) is 6.16. The number of hydrogen-bond acceptors (Lipinski definition) is 5. The molecule has 20 heavy (non-hydrogen) atoms. The number of benzene rings is 1. The maximum Gasteiger partial charge on any atom is 0.272 e. The van der Waals surface area contributed by atoms with E-state index in [0.29, 0.717) is 24.5 Å². The van der Waals surface area contributed by atoms with Crippen molar-refractivity contribution in [2.45, 2.75) is 26.4 Å². The van der Waals surface area contributed by atoms with Gasteiger partial charge in [0.15, 0.2) is 0 Å². The first-order chi connectivity index (χ1) is 9.58. The van der Waals surface area contributed by atoms with Crippen molar-refractivity contribution in [1.29, 1.82) is 0 Å². The minimum Gasteiger partial charge on any atom is -0.444 e. The third-order valence-electron chi connectivity index (χ3n) is 2.71. The van der Waals surface area contributed by atoms with E-state index in [1.165, 1.54) is 12.1 Å². The Hall–Kier alpha value is -2.28. The molecular weight excluding hydrogens is 265 g/mol. The van der Waals surface area contributed by atoms with Crippen LogP contribution >= 0.6 is 0 Å². The molecule has 0 saturated heterocycles. The lowest BCUT2D eigenvalue weighted by Crippen LogP contribution is -2.13. The smallest absolute Gasteiger partial charge is 0.272 e. The number of non-ortho nitro benzene ring substituents is 1. The van der Waals surface area contributed by atoms with Crippen molar-refractivity contribution in [1.82, 2.24) is 10.3 Å². The quantitative estimate of drug-likeness (QED) is 0.649. The first kappa shape index (κ1) is 14.1. The average Bonchev–Trinajstić information content (AvgIpc) is 2.86. The first-order valence-corrected chi connectivity index (χ1v) is 6.16. The molecule has 0 saturated carbocycles. The second-order valence-electron chi connectivity index (χ2n) is 4.25. The molecule has 0 spiro atoms. The Labute approximate surface area is 114 Å². The van der Waals surface area contributed by atoms with Crippen LogP contribution in [0.25, 0.3) is 0 Å². The van der Waals surface area contributed by atoms with Crippen LogP contribution in [0.1, 0.15) is 24.1 Å². The normalized spacial score (nSPS) is 10.7. The van der Waals surface area contributed by atoms with E-state index in [0.717, 1.165) is 18.2 Å². The minimum absolute atomic E-state index is 0.258. The molecule has 0 bridgehead atoms. The Morgan fingerprint density at radius 1 is 1.40 bits per heavy atom. The maximum atomic E-state index is 13.2. The molecule has 0 atom stereocenters. The van der Waals surface area contributed by atoms with Crippen LogP contribution in [0.4, 0.5) is 10.1 Å². The Kier molecular flexibility index (Phi) is 4.41. The lowest BCUT2D eigenvalue weighted by atomic mass is 10.2. The van der Waals surface area contributed by atoms with Gasteiger partial charge in [0.1, 0.15) is 11.6 Å². The second kappa shape index (κ2) is 6.25. The number of nitrogens with zero attached hydrogens (tertiary/aromatic N) is 2. The molecule has 1 aromatic heterocycles. The van der Waals surface area contributed by atoms with Crippen molar-refractivity contribution < 1.29 is 13.7 Å². The SMILES string of the molecule is CCc1cnc(CNCc2cc(F)cc([N+](=O)[O-])c2)o1. The summed E-state index contributed by atoms with van der Waals surface area (Å²) in [5, 5.41) is 13.6. The van der Waals surface area contributed by atoms with Crippen LogP contribution in [0.15, 0.2) is 28.8 Å². The summed E-state index contributed by atoms with van der Waals surface area (Å²) in [5.41, 5.74) is 0.241. The monoisotopic (exact) mass is 279 g/mol. The van der Waals surface area contributed by atoms with E-state index < -0.39 is 10.7 Å². The van der Waals surface area contributed by atoms with Gasteiger partial charge >= 0.3 is 0 Å². The highest BCUT2D eigenvalue weighted by molar-refractivity contribution is 5.35. The molecule has 0 radical (unpaired) electrons. The highest BCUT2D eigenvalue weighted by Gasteiger charge is 2.10. The van der Waals surface area contributed by atoms with Gasteiger partial charge in [0.25, 0.3) is 5.69 Å². The fourth-order valence-electron chi connectivity index (χ4n) is 1.75. The van der Waals surface area contributed by atoms with Crippen molar-refractivity contribution in [3.05, 3.63) is 57.5 Å². The molecule has 7 heteroatoms. The van der Waals surface area contributed by atoms with Gasteiger partial charge in [0.2, 0.25) is 5.89 Å². The number of nitro benzene ring substituents is 1. The number of oxazole rings is 1. The van der Waals surface area contributed by atoms with Crippen LogP contribution in [-0.2, 0) is 19.5 Å². The zero-order valence-corrected chi connectivity index (χ0v) is 10.9. The molecule has 0 aliphatic rings. The molecule has 2 aromatic rings. The number of hydrogen-bond donors (Lipinski definition) is 1. The van der Waals surface area contributed by atoms with Crippen LogP contribution in [0.2, 0.25) is 0 Å². The van der Waals surface area contributed by atoms with Gasteiger partial charge in [0.05, 0.1) is 23.7 Å². The van der Waals surface area contributed by atoms with E-state index in [1.807, 2.05) is 6.92 Å². The number of aromatic nitrogens is 1. The van der Waals surface area contributed by atoms with Gasteiger partial charge in [-0.05, 0) is 11.6 Å². The summed E-state index contributed by atoms with van der Waals surface area (Å²) in [5.74, 6) is 0.705. The third kappa shape index (κ3) is 3.61. The van der Waals surface area contributed by atoms with Gasteiger partial charge in [-0.25, -0.2) is 9.37 Å². The van der Waals surface area contributed by atoms with E-state index in [-0.39, 0.29) is 5.69 Å². The molecule has 0 unspecified atom stereocenters. The predicted molar refractivity (Wildman–Crippen MR) is 69.5 cm³/mol. The van der Waals surface area contributed by atoms with Crippen molar-refractivity contribution in [3.8, 4) is 0 Å². The molecule has 106 valence electrons. The molecular formula is C13H14FN3O3. The Bertz CT molecular complexity index is 613. The van der Waals surface area contributed by atoms with Crippen LogP contribution in [0, 0.1) is 15.9 Å². The molecule has 1 N–H and O–H groups in total. The predicted octanol–water partition coefficient (Wildman–Crippen LogP) is 2.57. The van der Waals surface area contributed by atoms with Crippen LogP contribution in [-0.4, -0.2) is 9.91 Å². The summed E-state index contributed by atoms with van der Waals surface area (Å²) < 4.78 is 18.6. The number of halogens is 1. The van der Waals surface area contributed by atoms with Crippen molar-refractivity contribution in [2.75, 3.05) is 0 Å². The molecule has 0 aliphatic heterocycles. The third-order valence-corrected chi connectivity index (χ3v) is 2.71. The van der Waals surface area contributed by atoms with Gasteiger partial charge in [-0.1, -0.05) is 6.92 Å². The summed E-state index contributed by atoms with van der Waals surface area (Å²) in [6.45, 7) is 2.64. The van der Waals surface area contributed by atoms with Gasteiger partial charge in [-0.3, -0.25) is 10.1 Å². The average molecular weight is 279 g/mol. The van der Waals surface area contributed by atoms with Crippen molar-refractivity contribution in [3.63, 3.8) is 0 Å². The number of nitrogens with one attached hydrogen (secondary N) is 1. The topological polar surface area (TPSA) is 81.2 Å². The molecule has 1 aromatic carbocycles. The Morgan fingerprint density at radius 2 is 2.20 bits per heavy atom. The zero-order chi connectivity index (χ0) is 14.5. The van der Waals surface area contributed by atoms with Crippen LogP contribution < -0.4 is 5.32 Å². The largest absolute Gasteiger partial charge is 0.444 e. The lowest BCUT2D eigenvalue weighted by molar-refractivity contribution is -0.385. The fraction of sp³-hybridized carbons (Fsp3) is 0.308. The van der Waals surface area contributed by atoms with Crippen molar-refractivity contribution in [2.24, 2.45) is 0 Å². The van der Waals surface area contributed by atoms with E-state index in [2.05, 4.69) is 10.3 Å². The van der Waals surface area contributed by atoms with E-state index >= 15 is 0 Å². The Morgan fingerprint density at radius 3 is 2.85 bits per heavy atom.